The molecule has 6 rings (SSSR count). The predicted octanol–water partition coefficient (Wildman–Crippen LogP) is 4.79. The van der Waals surface area contributed by atoms with Crippen molar-refractivity contribution in [2.45, 2.75) is 56.0 Å². The van der Waals surface area contributed by atoms with E-state index in [0.717, 1.165) is 47.9 Å². The van der Waals surface area contributed by atoms with Gasteiger partial charge in [0.1, 0.15) is 6.67 Å². The Labute approximate surface area is 180 Å². The number of aromatic hydroxyl groups is 4. The van der Waals surface area contributed by atoms with Gasteiger partial charge in [-0.05, 0) is 25.7 Å². The van der Waals surface area contributed by atoms with Crippen molar-refractivity contribution >= 4 is 0 Å². The molecule has 2 aromatic rings. The molecule has 160 valence electrons. The summed E-state index contributed by atoms with van der Waals surface area (Å²) in [6.45, 7) is 7.58. The van der Waals surface area contributed by atoms with E-state index in [2.05, 4.69) is 25.3 Å². The molecule has 0 radical (unpaired) electrons. The molecule has 0 aliphatic heterocycles. The van der Waals surface area contributed by atoms with Crippen molar-refractivity contribution in [1.82, 2.24) is 9.13 Å². The number of allylic oxidation sites excluding steroid dienone is 6. The molecule has 4 aliphatic carbocycles. The molecule has 0 amide bonds. The van der Waals surface area contributed by atoms with Gasteiger partial charge in [-0.2, -0.15) is 0 Å². The second-order valence-electron chi connectivity index (χ2n) is 9.20. The molecule has 0 saturated carbocycles. The summed E-state index contributed by atoms with van der Waals surface area (Å²) in [6.07, 6.45) is 11.3. The van der Waals surface area contributed by atoms with Crippen molar-refractivity contribution in [2.75, 3.05) is 0 Å². The topological polar surface area (TPSA) is 90.8 Å². The van der Waals surface area contributed by atoms with Gasteiger partial charge in [0.15, 0.2) is 23.5 Å². The number of aromatic nitrogens is 2. The van der Waals surface area contributed by atoms with Crippen molar-refractivity contribution in [1.29, 1.82) is 0 Å². The van der Waals surface area contributed by atoms with Crippen LogP contribution in [0.25, 0.3) is 0 Å². The van der Waals surface area contributed by atoms with Gasteiger partial charge >= 0.3 is 0 Å². The van der Waals surface area contributed by atoms with E-state index in [1.54, 1.807) is 0 Å². The van der Waals surface area contributed by atoms with Crippen LogP contribution in [0.4, 0.5) is 0 Å². The second kappa shape index (κ2) is 6.13. The molecule has 0 aromatic carbocycles. The summed E-state index contributed by atoms with van der Waals surface area (Å²) in [5, 5.41) is 43.9. The molecule has 31 heavy (non-hydrogen) atoms. The normalized spacial score (nSPS) is 26.7. The van der Waals surface area contributed by atoms with E-state index in [0.29, 0.717) is 0 Å². The molecule has 6 heteroatoms. The standard InChI is InChI=1S/C25H26N2O4/c1-3-5-12-7-14-9-16(12)20-18(14)22(28)26(24(20)30)11-27-23(29)19-15-8-13(6-4-2)17(10-15)21(19)25(27)31/h3-4,7-8,14-17,28-31H,1-2,5-6,9-11H2. The third kappa shape index (κ3) is 2.17. The summed E-state index contributed by atoms with van der Waals surface area (Å²) < 4.78 is 2.78. The Balaban J connectivity index is 1.38. The fraction of sp³-hybridized carbons (Fsp3) is 0.360. The molecular formula is C25H26N2O4. The lowest BCUT2D eigenvalue weighted by Gasteiger charge is -2.15. The van der Waals surface area contributed by atoms with Gasteiger partial charge in [0, 0.05) is 45.9 Å². The summed E-state index contributed by atoms with van der Waals surface area (Å²) in [5.74, 6) is 0.379. The monoisotopic (exact) mass is 418 g/mol. The first-order valence-corrected chi connectivity index (χ1v) is 10.9. The van der Waals surface area contributed by atoms with Crippen molar-refractivity contribution in [3.05, 3.63) is 70.9 Å². The summed E-state index contributed by atoms with van der Waals surface area (Å²) in [7, 11) is 0. The highest BCUT2D eigenvalue weighted by Crippen LogP contribution is 2.62. The maximum Gasteiger partial charge on any atom is 0.199 e. The molecule has 4 atom stereocenters. The minimum atomic E-state index is -0.0538. The zero-order chi connectivity index (χ0) is 21.6. The lowest BCUT2D eigenvalue weighted by molar-refractivity contribution is 0.314. The molecule has 2 aromatic heterocycles. The highest BCUT2D eigenvalue weighted by atomic mass is 16.3. The van der Waals surface area contributed by atoms with E-state index in [9.17, 15) is 20.4 Å². The van der Waals surface area contributed by atoms with Gasteiger partial charge in [-0.3, -0.25) is 9.13 Å². The van der Waals surface area contributed by atoms with Crippen LogP contribution in [-0.4, -0.2) is 29.6 Å². The molecule has 6 nitrogen and oxygen atoms in total. The first-order valence-electron chi connectivity index (χ1n) is 10.9. The quantitative estimate of drug-likeness (QED) is 0.508. The number of rotatable bonds is 6. The van der Waals surface area contributed by atoms with E-state index in [-0.39, 0.29) is 53.9 Å². The summed E-state index contributed by atoms with van der Waals surface area (Å²) in [4.78, 5) is 0. The summed E-state index contributed by atoms with van der Waals surface area (Å²) >= 11 is 0. The Hall–Kier alpha value is -3.28. The second-order valence-corrected chi connectivity index (χ2v) is 9.20. The van der Waals surface area contributed by atoms with Crippen LogP contribution in [0.2, 0.25) is 0 Å². The van der Waals surface area contributed by atoms with Gasteiger partial charge < -0.3 is 20.4 Å². The number of nitrogens with zero attached hydrogens (tertiary/aromatic N) is 2. The SMILES string of the molecule is C=CCC1=CC2CC1c1c2c(O)n(Cn2c(O)c3c(c2O)C2CC3C=C2CC=C)c1O. The van der Waals surface area contributed by atoms with Crippen molar-refractivity contribution in [2.24, 2.45) is 0 Å². The maximum atomic E-state index is 11.0. The van der Waals surface area contributed by atoms with Crippen LogP contribution in [0.5, 0.6) is 23.5 Å². The molecule has 0 fully saturated rings. The van der Waals surface area contributed by atoms with Crippen LogP contribution in [0.3, 0.4) is 0 Å². The van der Waals surface area contributed by atoms with Gasteiger partial charge in [0.25, 0.3) is 0 Å². The minimum absolute atomic E-state index is 0.00926. The van der Waals surface area contributed by atoms with Crippen molar-refractivity contribution in [3.63, 3.8) is 0 Å². The maximum absolute atomic E-state index is 11.0. The van der Waals surface area contributed by atoms with E-state index >= 15 is 0 Å². The Morgan fingerprint density at radius 1 is 0.710 bits per heavy atom. The Bertz CT molecular complexity index is 1130. The largest absolute Gasteiger partial charge is 0.494 e. The third-order valence-corrected chi connectivity index (χ3v) is 7.75. The average Bonchev–Trinajstić information content (AvgIpc) is 3.55. The predicted molar refractivity (Wildman–Crippen MR) is 117 cm³/mol. The summed E-state index contributed by atoms with van der Waals surface area (Å²) in [5.41, 5.74) is 5.53. The molecule has 4 unspecified atom stereocenters. The molecule has 4 aliphatic rings. The number of fused-ring (bicyclic) bond motifs is 10. The smallest absolute Gasteiger partial charge is 0.199 e. The molecule has 0 saturated heterocycles. The van der Waals surface area contributed by atoms with E-state index in [4.69, 9.17) is 0 Å². The van der Waals surface area contributed by atoms with E-state index in [1.165, 1.54) is 20.3 Å². The molecule has 0 spiro atoms. The van der Waals surface area contributed by atoms with E-state index in [1.807, 2.05) is 12.2 Å². The molecule has 4 bridgehead atoms. The van der Waals surface area contributed by atoms with Gasteiger partial charge in [0.2, 0.25) is 0 Å². The first kappa shape index (κ1) is 18.5. The molecular weight excluding hydrogens is 392 g/mol. The Morgan fingerprint density at radius 2 is 1.10 bits per heavy atom. The fourth-order valence-electron chi connectivity index (χ4n) is 6.55. The average molecular weight is 418 g/mol. The van der Waals surface area contributed by atoms with Crippen LogP contribution in [-0.2, 0) is 6.67 Å². The number of hydrogen-bond donors (Lipinski definition) is 4. The van der Waals surface area contributed by atoms with Gasteiger partial charge in [-0.15, -0.1) is 13.2 Å². The van der Waals surface area contributed by atoms with Gasteiger partial charge in [0.05, 0.1) is 0 Å². The zero-order valence-corrected chi connectivity index (χ0v) is 17.3. The van der Waals surface area contributed by atoms with Gasteiger partial charge in [-0.25, -0.2) is 0 Å². The summed E-state index contributed by atoms with van der Waals surface area (Å²) in [6, 6.07) is 0. The number of hydrogen-bond acceptors (Lipinski definition) is 4. The highest BCUT2D eigenvalue weighted by molar-refractivity contribution is 5.63. The minimum Gasteiger partial charge on any atom is -0.494 e. The fourth-order valence-corrected chi connectivity index (χ4v) is 6.55. The van der Waals surface area contributed by atoms with E-state index < -0.39 is 0 Å². The van der Waals surface area contributed by atoms with Crippen molar-refractivity contribution in [3.8, 4) is 23.5 Å². The first-order chi connectivity index (χ1) is 15.0. The van der Waals surface area contributed by atoms with Crippen LogP contribution < -0.4 is 0 Å². The third-order valence-electron chi connectivity index (χ3n) is 7.75. The highest BCUT2D eigenvalue weighted by Gasteiger charge is 2.46. The molecule has 4 N–H and O–H groups in total. The van der Waals surface area contributed by atoms with Crippen LogP contribution >= 0.6 is 0 Å². The lowest BCUT2D eigenvalue weighted by Crippen LogP contribution is -2.08. The van der Waals surface area contributed by atoms with Gasteiger partial charge in [-0.1, -0.05) is 35.5 Å². The Morgan fingerprint density at radius 3 is 1.48 bits per heavy atom. The lowest BCUT2D eigenvalue weighted by atomic mass is 9.92. The van der Waals surface area contributed by atoms with Crippen molar-refractivity contribution < 1.29 is 20.4 Å². The molecule has 2 heterocycles. The van der Waals surface area contributed by atoms with Crippen LogP contribution in [0.1, 0.15) is 71.6 Å². The zero-order valence-electron chi connectivity index (χ0n) is 17.3. The van der Waals surface area contributed by atoms with Crippen LogP contribution in [0, 0.1) is 0 Å². The van der Waals surface area contributed by atoms with Crippen LogP contribution in [0.15, 0.2) is 48.6 Å². The Kier molecular flexibility index (Phi) is 3.65.